The van der Waals surface area contributed by atoms with Crippen molar-refractivity contribution < 1.29 is 22.7 Å². The Hall–Kier alpha value is -2.74. The first-order chi connectivity index (χ1) is 18.4. The Balaban J connectivity index is 1.77. The molecule has 0 aliphatic carbocycles. The largest absolute Gasteiger partial charge is 0.419 e. The minimum absolute atomic E-state index is 0.0109. The standard InChI is InChI=1S/C27H37F4N7OS/c1-24(2,15-32)9-10-25(3,4)37-40-18-7-8-21(20(28)11-18)35-23-33-13-19(27(29,30)31)22(36-23)17-12-34-38(14-17)16-26(5,6)39/h7-8,11-14,37,39H,9-10,15-16,32H2,1-6H3,(H,33,35,36). The van der Waals surface area contributed by atoms with E-state index < -0.39 is 28.9 Å². The van der Waals surface area contributed by atoms with Crippen LogP contribution in [0.15, 0.2) is 41.7 Å². The third-order valence-electron chi connectivity index (χ3n) is 6.16. The first-order valence-electron chi connectivity index (χ1n) is 12.8. The summed E-state index contributed by atoms with van der Waals surface area (Å²) < 4.78 is 60.8. The molecule has 0 saturated carbocycles. The van der Waals surface area contributed by atoms with E-state index in [9.17, 15) is 22.7 Å². The SMILES string of the molecule is CC(C)(O)Cn1cc(-c2nc(Nc3ccc(SNC(C)(C)CCC(C)(C)CN)cc3F)ncc2C(F)(F)F)cn1. The highest BCUT2D eigenvalue weighted by Gasteiger charge is 2.36. The van der Waals surface area contributed by atoms with E-state index in [-0.39, 0.29) is 34.7 Å². The Bertz CT molecular complexity index is 1300. The lowest BCUT2D eigenvalue weighted by Gasteiger charge is -2.31. The van der Waals surface area contributed by atoms with Crippen molar-refractivity contribution in [1.29, 1.82) is 0 Å². The van der Waals surface area contributed by atoms with E-state index in [0.29, 0.717) is 17.6 Å². The fraction of sp³-hybridized carbons (Fsp3) is 0.519. The molecule has 8 nitrogen and oxygen atoms in total. The molecule has 0 amide bonds. The van der Waals surface area contributed by atoms with Gasteiger partial charge >= 0.3 is 6.18 Å². The maximum absolute atomic E-state index is 15.0. The van der Waals surface area contributed by atoms with Crippen molar-refractivity contribution in [3.63, 3.8) is 0 Å². The number of hydrogen-bond acceptors (Lipinski definition) is 8. The van der Waals surface area contributed by atoms with Crippen LogP contribution < -0.4 is 15.8 Å². The maximum atomic E-state index is 15.0. The Morgan fingerprint density at radius 2 is 1.75 bits per heavy atom. The molecule has 0 fully saturated rings. The summed E-state index contributed by atoms with van der Waals surface area (Å²) in [5.74, 6) is -0.823. The molecule has 1 aromatic carbocycles. The number of nitrogens with zero attached hydrogens (tertiary/aromatic N) is 4. The maximum Gasteiger partial charge on any atom is 0.419 e. The second kappa shape index (κ2) is 12.0. The second-order valence-corrected chi connectivity index (χ2v) is 12.8. The normalized spacial score (nSPS) is 13.1. The summed E-state index contributed by atoms with van der Waals surface area (Å²) in [4.78, 5) is 8.44. The number of rotatable bonds is 12. The van der Waals surface area contributed by atoms with E-state index in [4.69, 9.17) is 5.73 Å². The van der Waals surface area contributed by atoms with Crippen molar-refractivity contribution in [1.82, 2.24) is 24.5 Å². The summed E-state index contributed by atoms with van der Waals surface area (Å²) in [6.07, 6.45) is 0.311. The van der Waals surface area contributed by atoms with Crippen molar-refractivity contribution in [2.24, 2.45) is 11.1 Å². The van der Waals surface area contributed by atoms with E-state index in [1.54, 1.807) is 19.9 Å². The Morgan fingerprint density at radius 3 is 2.35 bits per heavy atom. The monoisotopic (exact) mass is 583 g/mol. The molecule has 0 bridgehead atoms. The molecule has 40 heavy (non-hydrogen) atoms. The van der Waals surface area contributed by atoms with Gasteiger partial charge in [0.1, 0.15) is 11.4 Å². The van der Waals surface area contributed by atoms with Gasteiger partial charge in [-0.15, -0.1) is 0 Å². The quantitative estimate of drug-likeness (QED) is 0.148. The molecular weight excluding hydrogens is 546 g/mol. The van der Waals surface area contributed by atoms with Crippen molar-refractivity contribution in [3.05, 3.63) is 48.2 Å². The minimum atomic E-state index is -4.73. The number of anilines is 2. The molecule has 0 saturated heterocycles. The number of aliphatic hydroxyl groups is 1. The molecule has 2 aromatic heterocycles. The number of nitrogens with one attached hydrogen (secondary N) is 2. The van der Waals surface area contributed by atoms with E-state index in [1.165, 1.54) is 41.2 Å². The van der Waals surface area contributed by atoms with Gasteiger partial charge in [0.25, 0.3) is 0 Å². The zero-order valence-corrected chi connectivity index (χ0v) is 24.3. The molecule has 0 unspecified atom stereocenters. The van der Waals surface area contributed by atoms with Crippen LogP contribution in [0.25, 0.3) is 11.3 Å². The van der Waals surface area contributed by atoms with Crippen LogP contribution in [0.5, 0.6) is 0 Å². The van der Waals surface area contributed by atoms with Gasteiger partial charge in [0.15, 0.2) is 0 Å². The molecule has 0 spiro atoms. The topological polar surface area (TPSA) is 114 Å². The van der Waals surface area contributed by atoms with Gasteiger partial charge in [-0.2, -0.15) is 18.3 Å². The van der Waals surface area contributed by atoms with Crippen molar-refractivity contribution in [3.8, 4) is 11.3 Å². The average Bonchev–Trinajstić information content (AvgIpc) is 3.29. The lowest BCUT2D eigenvalue weighted by molar-refractivity contribution is -0.137. The number of aromatic nitrogens is 4. The predicted molar refractivity (Wildman–Crippen MR) is 149 cm³/mol. The fourth-order valence-corrected chi connectivity index (χ4v) is 4.42. The molecule has 5 N–H and O–H groups in total. The van der Waals surface area contributed by atoms with Crippen LogP contribution in [0.1, 0.15) is 59.9 Å². The van der Waals surface area contributed by atoms with Gasteiger partial charge in [0, 0.05) is 28.4 Å². The zero-order chi connectivity index (χ0) is 29.9. The summed E-state index contributed by atoms with van der Waals surface area (Å²) >= 11 is 1.29. The van der Waals surface area contributed by atoms with Crippen LogP contribution in [0.4, 0.5) is 29.2 Å². The summed E-state index contributed by atoms with van der Waals surface area (Å²) in [7, 11) is 0. The molecule has 0 aliphatic rings. The highest BCUT2D eigenvalue weighted by atomic mass is 32.2. The van der Waals surface area contributed by atoms with Gasteiger partial charge < -0.3 is 16.2 Å². The molecule has 3 rings (SSSR count). The highest BCUT2D eigenvalue weighted by Crippen LogP contribution is 2.36. The number of nitrogens with two attached hydrogens (primary N) is 1. The molecule has 2 heterocycles. The number of halogens is 4. The molecule has 13 heteroatoms. The van der Waals surface area contributed by atoms with Gasteiger partial charge in [-0.05, 0) is 82.6 Å². The van der Waals surface area contributed by atoms with E-state index in [2.05, 4.69) is 52.8 Å². The Kier molecular flexibility index (Phi) is 9.55. The summed E-state index contributed by atoms with van der Waals surface area (Å²) in [6, 6.07) is 4.49. The van der Waals surface area contributed by atoms with E-state index in [1.807, 2.05) is 0 Å². The summed E-state index contributed by atoms with van der Waals surface area (Å²) in [5, 5.41) is 16.7. The smallest absolute Gasteiger partial charge is 0.389 e. The fourth-order valence-electron chi connectivity index (χ4n) is 3.62. The summed E-state index contributed by atoms with van der Waals surface area (Å²) in [5.41, 5.74) is 3.13. The van der Waals surface area contributed by atoms with Crippen LogP contribution in [0.3, 0.4) is 0 Å². The molecular formula is C27H37F4N7OS. The van der Waals surface area contributed by atoms with Gasteiger partial charge in [-0.25, -0.2) is 14.4 Å². The lowest BCUT2D eigenvalue weighted by Crippen LogP contribution is -2.36. The third-order valence-corrected chi connectivity index (χ3v) is 7.31. The van der Waals surface area contributed by atoms with Gasteiger partial charge in [0.2, 0.25) is 5.95 Å². The Labute approximate surface area is 236 Å². The van der Waals surface area contributed by atoms with E-state index in [0.717, 1.165) is 12.8 Å². The van der Waals surface area contributed by atoms with Crippen molar-refractivity contribution in [2.45, 2.75) is 83.1 Å². The predicted octanol–water partition coefficient (Wildman–Crippen LogP) is 6.15. The first-order valence-corrected chi connectivity index (χ1v) is 13.6. The van der Waals surface area contributed by atoms with Gasteiger partial charge in [-0.3, -0.25) is 9.40 Å². The van der Waals surface area contributed by atoms with E-state index >= 15 is 0 Å². The van der Waals surface area contributed by atoms with Crippen LogP contribution >= 0.6 is 11.9 Å². The van der Waals surface area contributed by atoms with Crippen LogP contribution in [-0.4, -0.2) is 42.5 Å². The van der Waals surface area contributed by atoms with Crippen molar-refractivity contribution >= 4 is 23.6 Å². The second-order valence-electron chi connectivity index (χ2n) is 11.9. The highest BCUT2D eigenvalue weighted by molar-refractivity contribution is 7.97. The van der Waals surface area contributed by atoms with Crippen molar-refractivity contribution in [2.75, 3.05) is 11.9 Å². The number of hydrogen-bond donors (Lipinski definition) is 4. The average molecular weight is 584 g/mol. The molecule has 0 radical (unpaired) electrons. The lowest BCUT2D eigenvalue weighted by atomic mass is 9.83. The first kappa shape index (κ1) is 31.8. The van der Waals surface area contributed by atoms with Crippen LogP contribution in [-0.2, 0) is 12.7 Å². The number of alkyl halides is 3. The third kappa shape index (κ3) is 9.15. The molecule has 220 valence electrons. The molecule has 0 atom stereocenters. The Morgan fingerprint density at radius 1 is 1.05 bits per heavy atom. The van der Waals surface area contributed by atoms with Gasteiger partial charge in [0.05, 0.1) is 29.7 Å². The molecule has 3 aromatic rings. The minimum Gasteiger partial charge on any atom is -0.389 e. The molecule has 0 aliphatic heterocycles. The van der Waals surface area contributed by atoms with Gasteiger partial charge in [-0.1, -0.05) is 13.8 Å². The summed E-state index contributed by atoms with van der Waals surface area (Å²) in [6.45, 7) is 12.1. The number of benzene rings is 1. The zero-order valence-electron chi connectivity index (χ0n) is 23.5. The van der Waals surface area contributed by atoms with Crippen LogP contribution in [0.2, 0.25) is 0 Å². The van der Waals surface area contributed by atoms with Crippen LogP contribution in [0, 0.1) is 11.2 Å².